The molecule has 2 aromatic carbocycles. The highest BCUT2D eigenvalue weighted by Gasteiger charge is 2.20. The lowest BCUT2D eigenvalue weighted by molar-refractivity contribution is -0.122. The lowest BCUT2D eigenvalue weighted by atomic mass is 9.92. The van der Waals surface area contributed by atoms with Crippen molar-refractivity contribution in [3.8, 4) is 5.75 Å². The Kier molecular flexibility index (Phi) is 6.91. The zero-order chi connectivity index (χ0) is 20.8. The molecule has 0 heterocycles. The molecule has 154 valence electrons. The molecule has 5 heteroatoms. The summed E-state index contributed by atoms with van der Waals surface area (Å²) in [6.07, 6.45) is 4.61. The third-order valence-electron chi connectivity index (χ3n) is 5.26. The maximum Gasteiger partial charge on any atom is 0.338 e. The van der Waals surface area contributed by atoms with Crippen LogP contribution in [0.1, 0.15) is 60.2 Å². The number of carbonyl (C=O) groups excluding carboxylic acids is 2. The van der Waals surface area contributed by atoms with Gasteiger partial charge in [0.1, 0.15) is 5.75 Å². The first-order valence-corrected chi connectivity index (χ1v) is 10.4. The van der Waals surface area contributed by atoms with Gasteiger partial charge < -0.3 is 14.8 Å². The molecular formula is C24H29NO4. The highest BCUT2D eigenvalue weighted by molar-refractivity contribution is 5.96. The van der Waals surface area contributed by atoms with Gasteiger partial charge in [0.15, 0.2) is 6.10 Å². The molecule has 3 rings (SSSR count). The lowest BCUT2D eigenvalue weighted by Crippen LogP contribution is -2.32. The first-order chi connectivity index (χ1) is 14.0. The van der Waals surface area contributed by atoms with E-state index < -0.39 is 6.10 Å². The van der Waals surface area contributed by atoms with Gasteiger partial charge in [-0.2, -0.15) is 0 Å². The molecular weight excluding hydrogens is 366 g/mol. The van der Waals surface area contributed by atoms with Crippen LogP contribution in [0.3, 0.4) is 0 Å². The van der Waals surface area contributed by atoms with Crippen molar-refractivity contribution in [3.05, 3.63) is 58.7 Å². The number of carbonyl (C=O) groups is 2. The Morgan fingerprint density at radius 1 is 1.03 bits per heavy atom. The number of rotatable bonds is 7. The van der Waals surface area contributed by atoms with Crippen molar-refractivity contribution < 1.29 is 19.1 Å². The molecule has 0 aliphatic heterocycles. The number of esters is 1. The number of benzene rings is 2. The van der Waals surface area contributed by atoms with E-state index in [0.717, 1.165) is 24.2 Å². The van der Waals surface area contributed by atoms with Crippen LogP contribution >= 0.6 is 0 Å². The van der Waals surface area contributed by atoms with Gasteiger partial charge in [0.05, 0.1) is 12.2 Å². The molecule has 1 aliphatic carbocycles. The minimum Gasteiger partial charge on any atom is -0.481 e. The van der Waals surface area contributed by atoms with Crippen molar-refractivity contribution in [1.82, 2.24) is 0 Å². The molecule has 0 saturated heterocycles. The molecule has 0 radical (unpaired) electrons. The van der Waals surface area contributed by atoms with Crippen LogP contribution in [0.25, 0.3) is 0 Å². The first-order valence-electron chi connectivity index (χ1n) is 10.4. The molecule has 1 N–H and O–H groups in total. The van der Waals surface area contributed by atoms with E-state index in [1.165, 1.54) is 24.0 Å². The van der Waals surface area contributed by atoms with Gasteiger partial charge in [0.25, 0.3) is 5.91 Å². The maximum atomic E-state index is 12.8. The molecule has 1 atom stereocenters. The molecule has 0 spiro atoms. The summed E-state index contributed by atoms with van der Waals surface area (Å²) >= 11 is 0. The second kappa shape index (κ2) is 9.59. The van der Waals surface area contributed by atoms with E-state index in [2.05, 4.69) is 17.4 Å². The fourth-order valence-corrected chi connectivity index (χ4v) is 3.63. The number of anilines is 1. The average molecular weight is 395 g/mol. The van der Waals surface area contributed by atoms with Crippen molar-refractivity contribution in [2.24, 2.45) is 0 Å². The summed E-state index contributed by atoms with van der Waals surface area (Å²) in [6, 6.07) is 11.3. The van der Waals surface area contributed by atoms with Crippen molar-refractivity contribution >= 4 is 17.6 Å². The molecule has 0 saturated carbocycles. The van der Waals surface area contributed by atoms with Crippen LogP contribution in [0.2, 0.25) is 0 Å². The SMILES string of the molecule is CCOC(=O)c1ccc(NC(=O)[C@H](CC)Oc2ccc3c(c2)CCCC3)c(C)c1. The average Bonchev–Trinajstić information content (AvgIpc) is 2.73. The summed E-state index contributed by atoms with van der Waals surface area (Å²) in [5, 5.41) is 2.93. The summed E-state index contributed by atoms with van der Waals surface area (Å²) < 4.78 is 11.0. The molecule has 0 unspecified atom stereocenters. The van der Waals surface area contributed by atoms with E-state index in [0.29, 0.717) is 24.3 Å². The number of fused-ring (bicyclic) bond motifs is 1. The zero-order valence-electron chi connectivity index (χ0n) is 17.4. The van der Waals surface area contributed by atoms with Crippen molar-refractivity contribution in [2.45, 2.75) is 59.0 Å². The highest BCUT2D eigenvalue weighted by atomic mass is 16.5. The van der Waals surface area contributed by atoms with Crippen molar-refractivity contribution in [2.75, 3.05) is 11.9 Å². The summed E-state index contributed by atoms with van der Waals surface area (Å²) in [5.41, 5.74) is 4.65. The normalized spacial score (nSPS) is 13.9. The topological polar surface area (TPSA) is 64.6 Å². The molecule has 2 aromatic rings. The van der Waals surface area contributed by atoms with Crippen LogP contribution < -0.4 is 10.1 Å². The lowest BCUT2D eigenvalue weighted by Gasteiger charge is -2.21. The van der Waals surface area contributed by atoms with E-state index >= 15 is 0 Å². The van der Waals surface area contributed by atoms with Crippen LogP contribution in [-0.4, -0.2) is 24.6 Å². The highest BCUT2D eigenvalue weighted by Crippen LogP contribution is 2.26. The van der Waals surface area contributed by atoms with Crippen LogP contribution in [0.15, 0.2) is 36.4 Å². The number of aryl methyl sites for hydroxylation is 3. The smallest absolute Gasteiger partial charge is 0.338 e. The Morgan fingerprint density at radius 2 is 1.79 bits per heavy atom. The van der Waals surface area contributed by atoms with E-state index in [4.69, 9.17) is 9.47 Å². The second-order valence-corrected chi connectivity index (χ2v) is 7.39. The number of amides is 1. The summed E-state index contributed by atoms with van der Waals surface area (Å²) in [5.74, 6) is 0.176. The fraction of sp³-hybridized carbons (Fsp3) is 0.417. The number of nitrogens with one attached hydrogen (secondary N) is 1. The van der Waals surface area contributed by atoms with Gasteiger partial charge >= 0.3 is 5.97 Å². The number of ether oxygens (including phenoxy) is 2. The summed E-state index contributed by atoms with van der Waals surface area (Å²) in [7, 11) is 0. The van der Waals surface area contributed by atoms with Crippen LogP contribution in [0.4, 0.5) is 5.69 Å². The fourth-order valence-electron chi connectivity index (χ4n) is 3.63. The largest absolute Gasteiger partial charge is 0.481 e. The van der Waals surface area contributed by atoms with Gasteiger partial charge in [0.2, 0.25) is 0 Å². The molecule has 5 nitrogen and oxygen atoms in total. The van der Waals surface area contributed by atoms with E-state index in [-0.39, 0.29) is 11.9 Å². The Labute approximate surface area is 172 Å². The molecule has 1 aliphatic rings. The minimum absolute atomic E-state index is 0.197. The monoisotopic (exact) mass is 395 g/mol. The van der Waals surface area contributed by atoms with Crippen molar-refractivity contribution in [3.63, 3.8) is 0 Å². The Bertz CT molecular complexity index is 890. The standard InChI is InChI=1S/C24H29NO4/c1-4-22(29-20-12-10-17-8-6-7-9-18(17)15-20)23(26)25-21-13-11-19(14-16(21)3)24(27)28-5-2/h10-15,22H,4-9H2,1-3H3,(H,25,26)/t22-/m0/s1. The predicted octanol–water partition coefficient (Wildman–Crippen LogP) is 4.85. The molecule has 0 bridgehead atoms. The third-order valence-corrected chi connectivity index (χ3v) is 5.26. The van der Waals surface area contributed by atoms with Gasteiger partial charge in [-0.3, -0.25) is 4.79 Å². The molecule has 29 heavy (non-hydrogen) atoms. The molecule has 0 fully saturated rings. The van der Waals surface area contributed by atoms with E-state index in [9.17, 15) is 9.59 Å². The van der Waals surface area contributed by atoms with Crippen LogP contribution in [-0.2, 0) is 22.4 Å². The molecule has 1 amide bonds. The first kappa shape index (κ1) is 20.9. The van der Waals surface area contributed by atoms with Crippen molar-refractivity contribution in [1.29, 1.82) is 0 Å². The van der Waals surface area contributed by atoms with Gasteiger partial charge in [0, 0.05) is 5.69 Å². The third kappa shape index (κ3) is 5.17. The van der Waals surface area contributed by atoms with Gasteiger partial charge in [-0.05, 0) is 93.0 Å². The quantitative estimate of drug-likeness (QED) is 0.681. The van der Waals surface area contributed by atoms with Crippen LogP contribution in [0, 0.1) is 6.92 Å². The number of hydrogen-bond acceptors (Lipinski definition) is 4. The second-order valence-electron chi connectivity index (χ2n) is 7.39. The van der Waals surface area contributed by atoms with Crippen LogP contribution in [0.5, 0.6) is 5.75 Å². The molecule has 0 aromatic heterocycles. The Morgan fingerprint density at radius 3 is 2.48 bits per heavy atom. The summed E-state index contributed by atoms with van der Waals surface area (Å²) in [4.78, 5) is 24.6. The zero-order valence-corrected chi connectivity index (χ0v) is 17.4. The maximum absolute atomic E-state index is 12.8. The Hall–Kier alpha value is -2.82. The van der Waals surface area contributed by atoms with Gasteiger partial charge in [-0.25, -0.2) is 4.79 Å². The number of hydrogen-bond donors (Lipinski definition) is 1. The van der Waals surface area contributed by atoms with Gasteiger partial charge in [-0.15, -0.1) is 0 Å². The van der Waals surface area contributed by atoms with E-state index in [1.807, 2.05) is 19.9 Å². The predicted molar refractivity (Wildman–Crippen MR) is 114 cm³/mol. The van der Waals surface area contributed by atoms with Gasteiger partial charge in [-0.1, -0.05) is 13.0 Å². The summed E-state index contributed by atoms with van der Waals surface area (Å²) in [6.45, 7) is 5.88. The minimum atomic E-state index is -0.583. The van der Waals surface area contributed by atoms with E-state index in [1.54, 1.807) is 25.1 Å². The Balaban J connectivity index is 1.67.